The van der Waals surface area contributed by atoms with Crippen LogP contribution in [0.25, 0.3) is 0 Å². The number of hydrogen-bond acceptors (Lipinski definition) is 4. The Kier molecular flexibility index (Phi) is 4.76. The molecule has 1 fully saturated rings. The second-order valence-electron chi connectivity index (χ2n) is 4.42. The summed E-state index contributed by atoms with van der Waals surface area (Å²) in [6.07, 6.45) is -0.552. The van der Waals surface area contributed by atoms with Crippen molar-refractivity contribution in [2.24, 2.45) is 0 Å². The van der Waals surface area contributed by atoms with Crippen LogP contribution in [-0.4, -0.2) is 46.4 Å². The monoisotopic (exact) mass is 264 g/mol. The molecule has 19 heavy (non-hydrogen) atoms. The normalized spacial score (nSPS) is 17.1. The maximum Gasteiger partial charge on any atom is 0.253 e. The van der Waals surface area contributed by atoms with Crippen molar-refractivity contribution in [3.8, 4) is 0 Å². The molecule has 0 spiro atoms. The Morgan fingerprint density at radius 3 is 2.47 bits per heavy atom. The van der Waals surface area contributed by atoms with E-state index in [1.165, 1.54) is 7.11 Å². The quantitative estimate of drug-likeness (QED) is 0.880. The van der Waals surface area contributed by atoms with Gasteiger partial charge in [-0.25, -0.2) is 0 Å². The van der Waals surface area contributed by atoms with Gasteiger partial charge >= 0.3 is 0 Å². The Bertz CT molecular complexity index is 413. The predicted octanol–water partition coefficient (Wildman–Crippen LogP) is 0.957. The summed E-state index contributed by atoms with van der Waals surface area (Å²) in [6.45, 7) is 3.34. The fourth-order valence-electron chi connectivity index (χ4n) is 2.21. The van der Waals surface area contributed by atoms with Crippen LogP contribution in [-0.2, 0) is 14.3 Å². The van der Waals surface area contributed by atoms with Gasteiger partial charge < -0.3 is 19.7 Å². The first-order valence-electron chi connectivity index (χ1n) is 6.43. The second-order valence-corrected chi connectivity index (χ2v) is 4.42. The minimum Gasteiger partial charge on any atom is -0.378 e. The van der Waals surface area contributed by atoms with Crippen LogP contribution in [0, 0.1) is 0 Å². The number of likely N-dealkylation sites (N-methyl/N-ethyl adjacent to an activating group) is 1. The van der Waals surface area contributed by atoms with E-state index in [2.05, 4.69) is 10.2 Å². The largest absolute Gasteiger partial charge is 0.378 e. The molecule has 5 nitrogen and oxygen atoms in total. The molecule has 1 aliphatic heterocycles. The van der Waals surface area contributed by atoms with Gasteiger partial charge in [0.15, 0.2) is 6.10 Å². The molecule has 1 N–H and O–H groups in total. The van der Waals surface area contributed by atoms with Crippen LogP contribution >= 0.6 is 0 Å². The molecule has 0 aliphatic carbocycles. The number of rotatable bonds is 4. The second kappa shape index (κ2) is 6.54. The van der Waals surface area contributed by atoms with Crippen LogP contribution in [0.3, 0.4) is 0 Å². The van der Waals surface area contributed by atoms with Crippen molar-refractivity contribution in [3.05, 3.63) is 29.8 Å². The molecule has 1 aromatic rings. The van der Waals surface area contributed by atoms with Crippen LogP contribution in [0.4, 0.5) is 5.69 Å². The molecule has 1 aliphatic rings. The summed E-state index contributed by atoms with van der Waals surface area (Å²) in [6, 6.07) is 7.92. The number of carbonyl (C=O) groups is 1. The van der Waals surface area contributed by atoms with Crippen molar-refractivity contribution < 1.29 is 14.3 Å². The summed E-state index contributed by atoms with van der Waals surface area (Å²) >= 11 is 0. The number of nitrogens with one attached hydrogen (secondary N) is 1. The SMILES string of the molecule is CNC(=O)C(OC)c1ccc(N2CCOCC2)cc1. The van der Waals surface area contributed by atoms with Gasteiger partial charge in [0.25, 0.3) is 5.91 Å². The van der Waals surface area contributed by atoms with Gasteiger partial charge in [0, 0.05) is 32.9 Å². The molecule has 0 bridgehead atoms. The van der Waals surface area contributed by atoms with E-state index in [4.69, 9.17) is 9.47 Å². The number of ether oxygens (including phenoxy) is 2. The number of nitrogens with zero attached hydrogens (tertiary/aromatic N) is 1. The minimum absolute atomic E-state index is 0.137. The Morgan fingerprint density at radius 2 is 1.95 bits per heavy atom. The Morgan fingerprint density at radius 1 is 1.32 bits per heavy atom. The lowest BCUT2D eigenvalue weighted by Gasteiger charge is -2.29. The van der Waals surface area contributed by atoms with Crippen molar-refractivity contribution in [3.63, 3.8) is 0 Å². The maximum atomic E-state index is 11.7. The summed E-state index contributed by atoms with van der Waals surface area (Å²) in [7, 11) is 3.15. The van der Waals surface area contributed by atoms with Gasteiger partial charge in [0.05, 0.1) is 13.2 Å². The van der Waals surface area contributed by atoms with Crippen LogP contribution in [0.2, 0.25) is 0 Å². The Hall–Kier alpha value is -1.59. The van der Waals surface area contributed by atoms with Gasteiger partial charge in [-0.2, -0.15) is 0 Å². The molecule has 1 unspecified atom stereocenters. The first-order valence-corrected chi connectivity index (χ1v) is 6.43. The first-order chi connectivity index (χ1) is 9.26. The molecular formula is C14H20N2O3. The molecule has 0 saturated carbocycles. The van der Waals surface area contributed by atoms with Gasteiger partial charge in [-0.3, -0.25) is 4.79 Å². The van der Waals surface area contributed by atoms with E-state index in [0.717, 1.165) is 37.6 Å². The van der Waals surface area contributed by atoms with Crippen LogP contribution in [0.1, 0.15) is 11.7 Å². The number of morpholine rings is 1. The van der Waals surface area contributed by atoms with Gasteiger partial charge in [0.2, 0.25) is 0 Å². The highest BCUT2D eigenvalue weighted by molar-refractivity contribution is 5.82. The highest BCUT2D eigenvalue weighted by Crippen LogP contribution is 2.22. The Balaban J connectivity index is 2.10. The average Bonchev–Trinajstić information content (AvgIpc) is 2.49. The molecule has 1 saturated heterocycles. The molecule has 1 aromatic carbocycles. The number of benzene rings is 1. The lowest BCUT2D eigenvalue weighted by molar-refractivity contribution is -0.130. The van der Waals surface area contributed by atoms with Crippen LogP contribution in [0.15, 0.2) is 24.3 Å². The van der Waals surface area contributed by atoms with Gasteiger partial charge in [-0.1, -0.05) is 12.1 Å². The zero-order valence-electron chi connectivity index (χ0n) is 11.4. The average molecular weight is 264 g/mol. The molecule has 2 rings (SSSR count). The van der Waals surface area contributed by atoms with Crippen molar-refractivity contribution in [1.29, 1.82) is 0 Å². The molecule has 0 radical (unpaired) electrons. The molecule has 1 atom stereocenters. The van der Waals surface area contributed by atoms with Crippen molar-refractivity contribution in [2.45, 2.75) is 6.10 Å². The highest BCUT2D eigenvalue weighted by Gasteiger charge is 2.19. The zero-order valence-corrected chi connectivity index (χ0v) is 11.4. The third kappa shape index (κ3) is 3.24. The molecule has 5 heteroatoms. The summed E-state index contributed by atoms with van der Waals surface area (Å²) in [5.41, 5.74) is 2.01. The number of anilines is 1. The fourth-order valence-corrected chi connectivity index (χ4v) is 2.21. The summed E-state index contributed by atoms with van der Waals surface area (Å²) in [4.78, 5) is 13.9. The van der Waals surface area contributed by atoms with E-state index >= 15 is 0 Å². The van der Waals surface area contributed by atoms with Gasteiger partial charge in [-0.05, 0) is 17.7 Å². The van der Waals surface area contributed by atoms with E-state index in [1.807, 2.05) is 24.3 Å². The third-order valence-corrected chi connectivity index (χ3v) is 3.29. The first kappa shape index (κ1) is 13.8. The minimum atomic E-state index is -0.552. The predicted molar refractivity (Wildman–Crippen MR) is 73.3 cm³/mol. The number of carbonyl (C=O) groups excluding carboxylic acids is 1. The standard InChI is InChI=1S/C14H20N2O3/c1-15-14(17)13(18-2)11-3-5-12(6-4-11)16-7-9-19-10-8-16/h3-6,13H,7-10H2,1-2H3,(H,15,17). The van der Waals surface area contributed by atoms with Crippen molar-refractivity contribution in [1.82, 2.24) is 5.32 Å². The van der Waals surface area contributed by atoms with Crippen LogP contribution in [0.5, 0.6) is 0 Å². The third-order valence-electron chi connectivity index (χ3n) is 3.29. The number of hydrogen-bond donors (Lipinski definition) is 1. The van der Waals surface area contributed by atoms with Gasteiger partial charge in [0.1, 0.15) is 0 Å². The van der Waals surface area contributed by atoms with Crippen molar-refractivity contribution in [2.75, 3.05) is 45.4 Å². The van der Waals surface area contributed by atoms with E-state index in [-0.39, 0.29) is 5.91 Å². The summed E-state index contributed by atoms with van der Waals surface area (Å²) in [5.74, 6) is -0.137. The number of methoxy groups -OCH3 is 1. The highest BCUT2D eigenvalue weighted by atomic mass is 16.5. The molecule has 0 aromatic heterocycles. The van der Waals surface area contributed by atoms with E-state index in [9.17, 15) is 4.79 Å². The molecular weight excluding hydrogens is 244 g/mol. The van der Waals surface area contributed by atoms with Crippen molar-refractivity contribution >= 4 is 11.6 Å². The summed E-state index contributed by atoms with van der Waals surface area (Å²) in [5, 5.41) is 2.60. The van der Waals surface area contributed by atoms with Gasteiger partial charge in [-0.15, -0.1) is 0 Å². The fraction of sp³-hybridized carbons (Fsp3) is 0.500. The smallest absolute Gasteiger partial charge is 0.253 e. The van der Waals surface area contributed by atoms with E-state index in [0.29, 0.717) is 0 Å². The molecule has 1 amide bonds. The van der Waals surface area contributed by atoms with E-state index in [1.54, 1.807) is 7.05 Å². The van der Waals surface area contributed by atoms with Crippen LogP contribution < -0.4 is 10.2 Å². The Labute approximate surface area is 113 Å². The maximum absolute atomic E-state index is 11.7. The van der Waals surface area contributed by atoms with E-state index < -0.39 is 6.10 Å². The number of amides is 1. The summed E-state index contributed by atoms with van der Waals surface area (Å²) < 4.78 is 10.6. The lowest BCUT2D eigenvalue weighted by atomic mass is 10.1. The zero-order chi connectivity index (χ0) is 13.7. The lowest BCUT2D eigenvalue weighted by Crippen LogP contribution is -2.36. The molecule has 104 valence electrons. The molecule has 1 heterocycles. The topological polar surface area (TPSA) is 50.8 Å².